The quantitative estimate of drug-likeness (QED) is 0.223. The van der Waals surface area contributed by atoms with Crippen molar-refractivity contribution in [2.24, 2.45) is 0 Å². The van der Waals surface area contributed by atoms with Crippen molar-refractivity contribution in [3.8, 4) is 0 Å². The van der Waals surface area contributed by atoms with Gasteiger partial charge in [-0.15, -0.1) is 0 Å². The highest BCUT2D eigenvalue weighted by molar-refractivity contribution is 5.92. The van der Waals surface area contributed by atoms with Gasteiger partial charge in [-0.2, -0.15) is 13.2 Å². The fraction of sp³-hybridized carbons (Fsp3) is 0.267. The molecule has 0 aliphatic carbocycles. The van der Waals surface area contributed by atoms with E-state index in [1.165, 1.54) is 40.1 Å². The third-order valence-corrected chi connectivity index (χ3v) is 6.60. The summed E-state index contributed by atoms with van der Waals surface area (Å²) in [5, 5.41) is 3.63. The van der Waals surface area contributed by atoms with Crippen LogP contribution in [-0.2, 0) is 23.9 Å². The second-order valence-electron chi connectivity index (χ2n) is 9.78. The summed E-state index contributed by atoms with van der Waals surface area (Å²) >= 11 is 0. The molecule has 0 aliphatic rings. The number of hydrogen-bond donors (Lipinski definition) is 2. The molecular weight excluding hydrogens is 524 g/mol. The topological polar surface area (TPSA) is 68.4 Å². The van der Waals surface area contributed by atoms with Crippen LogP contribution >= 0.6 is 0 Å². The van der Waals surface area contributed by atoms with Gasteiger partial charge in [0, 0.05) is 41.9 Å². The number of para-hydroxylation sites is 1. The molecule has 0 aliphatic heterocycles. The molecule has 0 atom stereocenters. The van der Waals surface area contributed by atoms with Gasteiger partial charge in [0.1, 0.15) is 12.4 Å². The van der Waals surface area contributed by atoms with E-state index in [1.54, 1.807) is 19.9 Å². The van der Waals surface area contributed by atoms with Gasteiger partial charge in [0.05, 0.1) is 5.56 Å². The number of alkyl halides is 3. The van der Waals surface area contributed by atoms with Crippen LogP contribution in [0.15, 0.2) is 79.0 Å². The average molecular weight is 555 g/mol. The van der Waals surface area contributed by atoms with Crippen molar-refractivity contribution in [1.29, 1.82) is 0 Å². The van der Waals surface area contributed by atoms with Gasteiger partial charge in [-0.1, -0.05) is 36.4 Å². The molecule has 0 saturated carbocycles. The van der Waals surface area contributed by atoms with Gasteiger partial charge in [0.2, 0.25) is 5.91 Å². The molecule has 10 heteroatoms. The highest BCUT2D eigenvalue weighted by Crippen LogP contribution is 2.29. The summed E-state index contributed by atoms with van der Waals surface area (Å²) in [6.07, 6.45) is -2.10. The smallest absolute Gasteiger partial charge is 0.361 e. The Labute approximate surface area is 229 Å². The van der Waals surface area contributed by atoms with Crippen LogP contribution in [0.3, 0.4) is 0 Å². The number of nitrogens with zero attached hydrogens (tertiary/aromatic N) is 2. The van der Waals surface area contributed by atoms with E-state index < -0.39 is 23.6 Å². The SMILES string of the molecule is CC(C)N(CC(=O)N(CCc1c[nH]c2ccccc12)Cc1ccc(C(F)(F)F)cc1)C(=O)Nc1cccc(F)c1. The maximum absolute atomic E-state index is 13.6. The molecule has 3 amide bonds. The van der Waals surface area contributed by atoms with E-state index in [-0.39, 0.29) is 37.3 Å². The molecule has 1 heterocycles. The summed E-state index contributed by atoms with van der Waals surface area (Å²) < 4.78 is 52.8. The Morgan fingerprint density at radius 1 is 0.975 bits per heavy atom. The average Bonchev–Trinajstić information content (AvgIpc) is 3.32. The minimum Gasteiger partial charge on any atom is -0.361 e. The van der Waals surface area contributed by atoms with Crippen LogP contribution in [-0.4, -0.2) is 45.9 Å². The number of halogens is 4. The molecule has 0 unspecified atom stereocenters. The van der Waals surface area contributed by atoms with Crippen molar-refractivity contribution in [3.05, 3.63) is 102 Å². The molecule has 4 rings (SSSR count). The summed E-state index contributed by atoms with van der Waals surface area (Å²) in [7, 11) is 0. The number of carbonyl (C=O) groups is 2. The van der Waals surface area contributed by atoms with Crippen molar-refractivity contribution in [1.82, 2.24) is 14.8 Å². The molecule has 0 fully saturated rings. The molecule has 0 saturated heterocycles. The van der Waals surface area contributed by atoms with E-state index in [1.807, 2.05) is 30.5 Å². The summed E-state index contributed by atoms with van der Waals surface area (Å²) in [5.74, 6) is -0.882. The Balaban J connectivity index is 1.53. The second kappa shape index (κ2) is 12.2. The van der Waals surface area contributed by atoms with Crippen molar-refractivity contribution in [2.45, 2.75) is 39.0 Å². The number of aromatic nitrogens is 1. The number of fused-ring (bicyclic) bond motifs is 1. The fourth-order valence-electron chi connectivity index (χ4n) is 4.40. The number of amides is 3. The number of nitrogens with one attached hydrogen (secondary N) is 2. The zero-order valence-electron chi connectivity index (χ0n) is 22.1. The number of urea groups is 1. The Morgan fingerprint density at radius 2 is 1.70 bits per heavy atom. The molecule has 210 valence electrons. The van der Waals surface area contributed by atoms with Crippen LogP contribution in [0.4, 0.5) is 28.0 Å². The molecule has 0 radical (unpaired) electrons. The first kappa shape index (κ1) is 28.7. The first-order valence-corrected chi connectivity index (χ1v) is 12.8. The van der Waals surface area contributed by atoms with E-state index in [9.17, 15) is 27.2 Å². The number of carbonyl (C=O) groups excluding carboxylic acids is 2. The highest BCUT2D eigenvalue weighted by atomic mass is 19.4. The van der Waals surface area contributed by atoms with Crippen molar-refractivity contribution >= 4 is 28.5 Å². The zero-order valence-corrected chi connectivity index (χ0v) is 22.1. The first-order chi connectivity index (χ1) is 19.0. The lowest BCUT2D eigenvalue weighted by Crippen LogP contribution is -2.47. The first-order valence-electron chi connectivity index (χ1n) is 12.8. The van der Waals surface area contributed by atoms with Crippen molar-refractivity contribution in [3.63, 3.8) is 0 Å². The Bertz CT molecular complexity index is 1460. The lowest BCUT2D eigenvalue weighted by Gasteiger charge is -2.30. The van der Waals surface area contributed by atoms with Crippen LogP contribution in [0.25, 0.3) is 10.9 Å². The molecule has 0 spiro atoms. The normalized spacial score (nSPS) is 11.6. The predicted octanol–water partition coefficient (Wildman–Crippen LogP) is 6.84. The molecule has 6 nitrogen and oxygen atoms in total. The summed E-state index contributed by atoms with van der Waals surface area (Å²) in [6, 6.07) is 16.9. The van der Waals surface area contributed by atoms with Crippen LogP contribution in [0.2, 0.25) is 0 Å². The van der Waals surface area contributed by atoms with Crippen LogP contribution in [0.1, 0.15) is 30.5 Å². The number of aromatic amines is 1. The third kappa shape index (κ3) is 7.19. The summed E-state index contributed by atoms with van der Waals surface area (Å²) in [6.45, 7) is 3.58. The Morgan fingerprint density at radius 3 is 2.38 bits per heavy atom. The van der Waals surface area contributed by atoms with Crippen LogP contribution in [0.5, 0.6) is 0 Å². The second-order valence-corrected chi connectivity index (χ2v) is 9.78. The largest absolute Gasteiger partial charge is 0.416 e. The summed E-state index contributed by atoms with van der Waals surface area (Å²) in [4.78, 5) is 32.7. The number of anilines is 1. The molecule has 0 bridgehead atoms. The molecule has 1 aromatic heterocycles. The maximum Gasteiger partial charge on any atom is 0.416 e. The van der Waals surface area contributed by atoms with Crippen LogP contribution < -0.4 is 5.32 Å². The molecule has 2 N–H and O–H groups in total. The Hall–Kier alpha value is -4.34. The molecule has 4 aromatic rings. The lowest BCUT2D eigenvalue weighted by molar-refractivity contribution is -0.137. The van der Waals surface area contributed by atoms with Gasteiger partial charge in [0.25, 0.3) is 0 Å². The van der Waals surface area contributed by atoms with E-state index in [0.717, 1.165) is 28.6 Å². The predicted molar refractivity (Wildman–Crippen MR) is 146 cm³/mol. The molecule has 3 aromatic carbocycles. The minimum absolute atomic E-state index is 0.0662. The van der Waals surface area contributed by atoms with Gasteiger partial charge in [-0.05, 0) is 67.8 Å². The third-order valence-electron chi connectivity index (χ3n) is 6.60. The zero-order chi connectivity index (χ0) is 28.9. The van der Waals surface area contributed by atoms with Gasteiger partial charge in [0.15, 0.2) is 0 Å². The molecular formula is C30H30F4N4O2. The fourth-order valence-corrected chi connectivity index (χ4v) is 4.40. The van der Waals surface area contributed by atoms with Crippen molar-refractivity contribution in [2.75, 3.05) is 18.4 Å². The van der Waals surface area contributed by atoms with E-state index in [4.69, 9.17) is 0 Å². The summed E-state index contributed by atoms with van der Waals surface area (Å²) in [5.41, 5.74) is 1.96. The van der Waals surface area contributed by atoms with Gasteiger partial charge < -0.3 is 20.1 Å². The maximum atomic E-state index is 13.6. The van der Waals surface area contributed by atoms with Crippen LogP contribution in [0, 0.1) is 5.82 Å². The number of benzene rings is 3. The monoisotopic (exact) mass is 554 g/mol. The lowest BCUT2D eigenvalue weighted by atomic mass is 10.1. The van der Waals surface area contributed by atoms with Gasteiger partial charge >= 0.3 is 12.2 Å². The van der Waals surface area contributed by atoms with E-state index >= 15 is 0 Å². The minimum atomic E-state index is -4.46. The van der Waals surface area contributed by atoms with Gasteiger partial charge in [-0.25, -0.2) is 9.18 Å². The Kier molecular flexibility index (Phi) is 8.77. The standard InChI is InChI=1S/C30H30F4N4O2/c1-20(2)38(29(40)36-25-7-5-6-24(31)16-25)19-28(39)37(18-21-10-12-23(13-11-21)30(32,33)34)15-14-22-17-35-27-9-4-3-8-26(22)27/h3-13,16-17,20,35H,14-15,18-19H2,1-2H3,(H,36,40). The van der Waals surface area contributed by atoms with E-state index in [0.29, 0.717) is 12.0 Å². The number of hydrogen-bond acceptors (Lipinski definition) is 2. The van der Waals surface area contributed by atoms with Gasteiger partial charge in [-0.3, -0.25) is 4.79 Å². The molecule has 40 heavy (non-hydrogen) atoms. The van der Waals surface area contributed by atoms with E-state index in [2.05, 4.69) is 10.3 Å². The highest BCUT2D eigenvalue weighted by Gasteiger charge is 2.30. The van der Waals surface area contributed by atoms with Crippen molar-refractivity contribution < 1.29 is 27.2 Å². The number of rotatable bonds is 9. The number of H-pyrrole nitrogens is 1.